The standard InChI is InChI=1S/C10H22ClNO3S/c1-4-5-10(3,13)8-12-16(14,15)7-9(2)6-11/h9,12-13H,4-8H2,1-3H3. The molecule has 0 amide bonds. The zero-order valence-electron chi connectivity index (χ0n) is 10.2. The summed E-state index contributed by atoms with van der Waals surface area (Å²) in [5.41, 5.74) is -0.980. The second-order valence-corrected chi connectivity index (χ2v) is 6.77. The predicted molar refractivity (Wildman–Crippen MR) is 67.2 cm³/mol. The number of hydrogen-bond donors (Lipinski definition) is 2. The van der Waals surface area contributed by atoms with Crippen LogP contribution >= 0.6 is 11.6 Å². The first kappa shape index (κ1) is 16.2. The van der Waals surface area contributed by atoms with Crippen molar-refractivity contribution in [3.8, 4) is 0 Å². The molecule has 0 aliphatic rings. The smallest absolute Gasteiger partial charge is 0.211 e. The van der Waals surface area contributed by atoms with E-state index in [0.29, 0.717) is 12.3 Å². The summed E-state index contributed by atoms with van der Waals surface area (Å²) in [6, 6.07) is 0. The van der Waals surface area contributed by atoms with Crippen molar-refractivity contribution in [1.82, 2.24) is 4.72 Å². The van der Waals surface area contributed by atoms with Gasteiger partial charge in [-0.25, -0.2) is 13.1 Å². The normalized spacial score (nSPS) is 18.1. The summed E-state index contributed by atoms with van der Waals surface area (Å²) in [5, 5.41) is 9.82. The lowest BCUT2D eigenvalue weighted by Gasteiger charge is -2.23. The zero-order valence-corrected chi connectivity index (χ0v) is 11.7. The quantitative estimate of drug-likeness (QED) is 0.655. The molecule has 0 bridgehead atoms. The maximum Gasteiger partial charge on any atom is 0.211 e. The van der Waals surface area contributed by atoms with Crippen LogP contribution in [0.15, 0.2) is 0 Å². The van der Waals surface area contributed by atoms with Crippen molar-refractivity contribution >= 4 is 21.6 Å². The lowest BCUT2D eigenvalue weighted by atomic mass is 10.0. The van der Waals surface area contributed by atoms with Gasteiger partial charge in [0.1, 0.15) is 0 Å². The number of alkyl halides is 1. The van der Waals surface area contributed by atoms with E-state index in [0.717, 1.165) is 6.42 Å². The Kier molecular flexibility index (Phi) is 6.86. The lowest BCUT2D eigenvalue weighted by Crippen LogP contribution is -2.42. The summed E-state index contributed by atoms with van der Waals surface area (Å²) < 4.78 is 25.6. The van der Waals surface area contributed by atoms with Gasteiger partial charge in [-0.3, -0.25) is 0 Å². The van der Waals surface area contributed by atoms with Crippen molar-refractivity contribution in [2.45, 2.75) is 39.2 Å². The molecule has 0 saturated heterocycles. The average Bonchev–Trinajstić information content (AvgIpc) is 2.14. The van der Waals surface area contributed by atoms with Gasteiger partial charge >= 0.3 is 0 Å². The van der Waals surface area contributed by atoms with Crippen molar-refractivity contribution in [2.75, 3.05) is 18.2 Å². The fourth-order valence-corrected chi connectivity index (χ4v) is 3.12. The van der Waals surface area contributed by atoms with Crippen molar-refractivity contribution in [2.24, 2.45) is 5.92 Å². The first-order valence-electron chi connectivity index (χ1n) is 5.48. The van der Waals surface area contributed by atoms with Gasteiger partial charge in [0.25, 0.3) is 0 Å². The summed E-state index contributed by atoms with van der Waals surface area (Å²) in [7, 11) is -3.34. The Hall–Kier alpha value is 0.160. The Morgan fingerprint density at radius 1 is 1.50 bits per heavy atom. The van der Waals surface area contributed by atoms with E-state index in [2.05, 4.69) is 4.72 Å². The molecule has 0 fully saturated rings. The molecule has 0 aromatic carbocycles. The second kappa shape index (κ2) is 6.79. The highest BCUT2D eigenvalue weighted by Crippen LogP contribution is 2.11. The SMILES string of the molecule is CCCC(C)(O)CNS(=O)(=O)CC(C)CCl. The molecule has 6 heteroatoms. The molecule has 2 unspecified atom stereocenters. The van der Waals surface area contributed by atoms with Crippen molar-refractivity contribution < 1.29 is 13.5 Å². The van der Waals surface area contributed by atoms with Crippen LogP contribution in [0.1, 0.15) is 33.6 Å². The van der Waals surface area contributed by atoms with E-state index in [-0.39, 0.29) is 18.2 Å². The molecule has 4 nitrogen and oxygen atoms in total. The van der Waals surface area contributed by atoms with Gasteiger partial charge in [0.05, 0.1) is 11.4 Å². The Morgan fingerprint density at radius 3 is 2.50 bits per heavy atom. The number of halogens is 1. The molecular formula is C10H22ClNO3S. The molecule has 0 rings (SSSR count). The maximum absolute atomic E-state index is 11.6. The van der Waals surface area contributed by atoms with Crippen molar-refractivity contribution in [3.63, 3.8) is 0 Å². The van der Waals surface area contributed by atoms with Crippen LogP contribution in [-0.4, -0.2) is 37.3 Å². The molecule has 2 atom stereocenters. The van der Waals surface area contributed by atoms with E-state index >= 15 is 0 Å². The van der Waals surface area contributed by atoms with E-state index in [4.69, 9.17) is 11.6 Å². The Labute approximate surface area is 103 Å². The monoisotopic (exact) mass is 271 g/mol. The highest BCUT2D eigenvalue weighted by Gasteiger charge is 2.23. The molecule has 0 saturated carbocycles. The van der Waals surface area contributed by atoms with Crippen LogP contribution in [-0.2, 0) is 10.0 Å². The van der Waals surface area contributed by atoms with Gasteiger partial charge in [-0.1, -0.05) is 20.3 Å². The van der Waals surface area contributed by atoms with Crippen LogP contribution in [0.2, 0.25) is 0 Å². The first-order valence-corrected chi connectivity index (χ1v) is 7.67. The van der Waals surface area contributed by atoms with E-state index in [9.17, 15) is 13.5 Å². The summed E-state index contributed by atoms with van der Waals surface area (Å²) in [4.78, 5) is 0. The summed E-state index contributed by atoms with van der Waals surface area (Å²) in [5.74, 6) is 0.223. The third kappa shape index (κ3) is 7.44. The van der Waals surface area contributed by atoms with E-state index in [1.54, 1.807) is 13.8 Å². The van der Waals surface area contributed by atoms with Gasteiger partial charge in [0, 0.05) is 12.4 Å². The third-order valence-electron chi connectivity index (χ3n) is 2.23. The zero-order chi connectivity index (χ0) is 12.8. The fraction of sp³-hybridized carbons (Fsp3) is 1.00. The molecule has 98 valence electrons. The van der Waals surface area contributed by atoms with Crippen molar-refractivity contribution in [3.05, 3.63) is 0 Å². The molecule has 0 aromatic rings. The Balaban J connectivity index is 4.18. The molecular weight excluding hydrogens is 250 g/mol. The van der Waals surface area contributed by atoms with Crippen LogP contribution < -0.4 is 4.72 Å². The lowest BCUT2D eigenvalue weighted by molar-refractivity contribution is 0.0554. The number of hydrogen-bond acceptors (Lipinski definition) is 3. The molecule has 2 N–H and O–H groups in total. The number of sulfonamides is 1. The van der Waals surface area contributed by atoms with Gasteiger partial charge < -0.3 is 5.11 Å². The summed E-state index contributed by atoms with van der Waals surface area (Å²) >= 11 is 5.56. The summed E-state index contributed by atoms with van der Waals surface area (Å²) in [6.45, 7) is 5.40. The first-order chi connectivity index (χ1) is 7.22. The minimum atomic E-state index is -3.34. The van der Waals surface area contributed by atoms with Gasteiger partial charge in [-0.2, -0.15) is 0 Å². The molecule has 0 spiro atoms. The number of nitrogens with one attached hydrogen (secondary N) is 1. The van der Waals surface area contributed by atoms with Gasteiger partial charge in [-0.15, -0.1) is 11.6 Å². The maximum atomic E-state index is 11.6. The largest absolute Gasteiger partial charge is 0.389 e. The molecule has 0 radical (unpaired) electrons. The predicted octanol–water partition coefficient (Wildman–Crippen LogP) is 1.33. The van der Waals surface area contributed by atoms with Gasteiger partial charge in [0.15, 0.2) is 0 Å². The van der Waals surface area contributed by atoms with Crippen LogP contribution in [0, 0.1) is 5.92 Å². The fourth-order valence-electron chi connectivity index (χ4n) is 1.37. The molecule has 0 aliphatic carbocycles. The Bertz CT molecular complexity index is 290. The topological polar surface area (TPSA) is 66.4 Å². The molecule has 0 heterocycles. The summed E-state index contributed by atoms with van der Waals surface area (Å²) in [6.07, 6.45) is 1.38. The molecule has 0 aromatic heterocycles. The second-order valence-electron chi connectivity index (χ2n) is 4.61. The number of aliphatic hydroxyl groups is 1. The average molecular weight is 272 g/mol. The molecule has 16 heavy (non-hydrogen) atoms. The number of rotatable bonds is 8. The highest BCUT2D eigenvalue weighted by atomic mass is 35.5. The minimum absolute atomic E-state index is 0.00128. The van der Waals surface area contributed by atoms with Crippen LogP contribution in [0.25, 0.3) is 0 Å². The van der Waals surface area contributed by atoms with Crippen molar-refractivity contribution in [1.29, 1.82) is 0 Å². The molecule has 0 aliphatic heterocycles. The third-order valence-corrected chi connectivity index (χ3v) is 4.35. The van der Waals surface area contributed by atoms with Crippen LogP contribution in [0.4, 0.5) is 0 Å². The van der Waals surface area contributed by atoms with E-state index < -0.39 is 15.6 Å². The van der Waals surface area contributed by atoms with E-state index in [1.165, 1.54) is 0 Å². The highest BCUT2D eigenvalue weighted by molar-refractivity contribution is 7.89. The van der Waals surface area contributed by atoms with Gasteiger partial charge in [-0.05, 0) is 19.3 Å². The van der Waals surface area contributed by atoms with Crippen LogP contribution in [0.5, 0.6) is 0 Å². The van der Waals surface area contributed by atoms with Crippen LogP contribution in [0.3, 0.4) is 0 Å². The van der Waals surface area contributed by atoms with Gasteiger partial charge in [0.2, 0.25) is 10.0 Å². The van der Waals surface area contributed by atoms with E-state index in [1.807, 2.05) is 6.92 Å². The minimum Gasteiger partial charge on any atom is -0.389 e. The Morgan fingerprint density at radius 2 is 2.06 bits per heavy atom.